The predicted molar refractivity (Wildman–Crippen MR) is 99.3 cm³/mol. The second-order valence-electron chi connectivity index (χ2n) is 5.87. The van der Waals surface area contributed by atoms with Gasteiger partial charge in [-0.15, -0.1) is 0 Å². The summed E-state index contributed by atoms with van der Waals surface area (Å²) < 4.78 is 11.3. The van der Waals surface area contributed by atoms with Crippen LogP contribution in [-0.4, -0.2) is 28.8 Å². The second kappa shape index (κ2) is 8.45. The van der Waals surface area contributed by atoms with Gasteiger partial charge in [0, 0.05) is 24.6 Å². The molecule has 5 nitrogen and oxygen atoms in total. The normalized spacial score (nSPS) is 12.0. The number of rotatable bonds is 8. The molecule has 0 bridgehead atoms. The van der Waals surface area contributed by atoms with Crippen molar-refractivity contribution in [2.75, 3.05) is 6.61 Å². The average Bonchev–Trinajstić information content (AvgIpc) is 2.66. The summed E-state index contributed by atoms with van der Waals surface area (Å²) in [6, 6.07) is 17.3. The molecule has 134 valence electrons. The standard InChI is InChI=1S/C21H21NO4/c1-2-25-20(21(23)24)13-15-7-3-4-11-19(15)26-14-16-8-5-10-18-17(16)9-6-12-22-18/h3-12,20H,2,13-14H2,1H3,(H,23,24). The highest BCUT2D eigenvalue weighted by Gasteiger charge is 2.20. The molecular weight excluding hydrogens is 330 g/mol. The SMILES string of the molecule is CCOC(Cc1ccccc1OCc1cccc2ncccc12)C(=O)O. The molecule has 3 rings (SSSR count). The zero-order valence-corrected chi connectivity index (χ0v) is 14.6. The van der Waals surface area contributed by atoms with E-state index in [-0.39, 0.29) is 6.42 Å². The number of hydrogen-bond acceptors (Lipinski definition) is 4. The lowest BCUT2D eigenvalue weighted by Crippen LogP contribution is -2.26. The third kappa shape index (κ3) is 4.18. The van der Waals surface area contributed by atoms with Gasteiger partial charge in [-0.1, -0.05) is 36.4 Å². The fraction of sp³-hybridized carbons (Fsp3) is 0.238. The maximum absolute atomic E-state index is 11.4. The molecule has 26 heavy (non-hydrogen) atoms. The summed E-state index contributed by atoms with van der Waals surface area (Å²) >= 11 is 0. The van der Waals surface area contributed by atoms with Crippen LogP contribution in [0.5, 0.6) is 5.75 Å². The van der Waals surface area contributed by atoms with E-state index < -0.39 is 12.1 Å². The minimum Gasteiger partial charge on any atom is -0.489 e. The Morgan fingerprint density at radius 1 is 1.08 bits per heavy atom. The van der Waals surface area contributed by atoms with Gasteiger partial charge < -0.3 is 14.6 Å². The highest BCUT2D eigenvalue weighted by atomic mass is 16.5. The molecule has 3 aromatic rings. The molecule has 2 aromatic carbocycles. The number of pyridine rings is 1. The molecule has 0 aliphatic rings. The summed E-state index contributed by atoms with van der Waals surface area (Å²) in [6.45, 7) is 2.52. The zero-order chi connectivity index (χ0) is 18.4. The molecule has 5 heteroatoms. The minimum atomic E-state index is -0.971. The molecule has 0 spiro atoms. The number of nitrogens with zero attached hydrogens (tertiary/aromatic N) is 1. The van der Waals surface area contributed by atoms with Crippen LogP contribution in [0, 0.1) is 0 Å². The quantitative estimate of drug-likeness (QED) is 0.668. The van der Waals surface area contributed by atoms with E-state index in [1.165, 1.54) is 0 Å². The summed E-state index contributed by atoms with van der Waals surface area (Å²) in [5.41, 5.74) is 2.76. The summed E-state index contributed by atoms with van der Waals surface area (Å²) in [5.74, 6) is -0.305. The smallest absolute Gasteiger partial charge is 0.333 e. The van der Waals surface area contributed by atoms with Crippen LogP contribution in [0.25, 0.3) is 10.9 Å². The number of hydrogen-bond donors (Lipinski definition) is 1. The van der Waals surface area contributed by atoms with E-state index >= 15 is 0 Å². The number of carboxylic acids is 1. The molecule has 1 aromatic heterocycles. The molecule has 1 heterocycles. The van der Waals surface area contributed by atoms with Crippen LogP contribution in [0.2, 0.25) is 0 Å². The molecule has 0 saturated heterocycles. The van der Waals surface area contributed by atoms with Crippen LogP contribution in [0.4, 0.5) is 0 Å². The molecule has 0 aliphatic heterocycles. The van der Waals surface area contributed by atoms with Gasteiger partial charge in [0.25, 0.3) is 0 Å². The monoisotopic (exact) mass is 351 g/mol. The van der Waals surface area contributed by atoms with Gasteiger partial charge in [0.15, 0.2) is 6.10 Å². The second-order valence-corrected chi connectivity index (χ2v) is 5.87. The summed E-state index contributed by atoms with van der Waals surface area (Å²) in [7, 11) is 0. The summed E-state index contributed by atoms with van der Waals surface area (Å²) in [6.07, 6.45) is 1.14. The molecule has 1 atom stereocenters. The van der Waals surface area contributed by atoms with Gasteiger partial charge in [0.2, 0.25) is 0 Å². The van der Waals surface area contributed by atoms with E-state index in [2.05, 4.69) is 4.98 Å². The molecule has 0 saturated carbocycles. The van der Waals surface area contributed by atoms with E-state index in [4.69, 9.17) is 9.47 Å². The average molecular weight is 351 g/mol. The van der Waals surface area contributed by atoms with E-state index in [0.717, 1.165) is 22.0 Å². The molecule has 0 fully saturated rings. The Balaban J connectivity index is 1.79. The van der Waals surface area contributed by atoms with Gasteiger partial charge >= 0.3 is 5.97 Å². The number of ether oxygens (including phenoxy) is 2. The van der Waals surface area contributed by atoms with Crippen molar-refractivity contribution >= 4 is 16.9 Å². The van der Waals surface area contributed by atoms with Crippen molar-refractivity contribution in [2.45, 2.75) is 26.1 Å². The van der Waals surface area contributed by atoms with Crippen LogP contribution in [0.1, 0.15) is 18.1 Å². The number of carbonyl (C=O) groups is 1. The molecule has 0 amide bonds. The van der Waals surface area contributed by atoms with Gasteiger partial charge in [0.05, 0.1) is 5.52 Å². The highest BCUT2D eigenvalue weighted by Crippen LogP contribution is 2.24. The van der Waals surface area contributed by atoms with E-state index in [1.54, 1.807) is 13.1 Å². The first-order chi connectivity index (χ1) is 12.7. The first-order valence-electron chi connectivity index (χ1n) is 8.56. The fourth-order valence-corrected chi connectivity index (χ4v) is 2.88. The minimum absolute atomic E-state index is 0.260. The molecule has 1 N–H and O–H groups in total. The predicted octanol–water partition coefficient (Wildman–Crippen LogP) is 3.85. The molecule has 0 radical (unpaired) electrons. The van der Waals surface area contributed by atoms with Crippen molar-refractivity contribution in [3.05, 3.63) is 71.9 Å². The Morgan fingerprint density at radius 3 is 2.69 bits per heavy atom. The van der Waals surface area contributed by atoms with Gasteiger partial charge in [0.1, 0.15) is 12.4 Å². The van der Waals surface area contributed by atoms with Gasteiger partial charge in [-0.2, -0.15) is 0 Å². The van der Waals surface area contributed by atoms with Crippen molar-refractivity contribution in [2.24, 2.45) is 0 Å². The number of benzene rings is 2. The van der Waals surface area contributed by atoms with Crippen LogP contribution in [0.15, 0.2) is 60.8 Å². The number of carboxylic acid groups (broad SMARTS) is 1. The Kier molecular flexibility index (Phi) is 5.81. The van der Waals surface area contributed by atoms with Gasteiger partial charge in [-0.25, -0.2) is 4.79 Å². The Labute approximate surface area is 152 Å². The summed E-state index contributed by atoms with van der Waals surface area (Å²) in [5, 5.41) is 10.4. The van der Waals surface area contributed by atoms with E-state index in [1.807, 2.05) is 54.6 Å². The van der Waals surface area contributed by atoms with Gasteiger partial charge in [-0.05, 0) is 36.2 Å². The van der Waals surface area contributed by atoms with Crippen molar-refractivity contribution in [1.29, 1.82) is 0 Å². The maximum atomic E-state index is 11.4. The Hall–Kier alpha value is -2.92. The largest absolute Gasteiger partial charge is 0.489 e. The Morgan fingerprint density at radius 2 is 1.88 bits per heavy atom. The van der Waals surface area contributed by atoms with Crippen LogP contribution < -0.4 is 4.74 Å². The van der Waals surface area contributed by atoms with Gasteiger partial charge in [-0.3, -0.25) is 4.98 Å². The van der Waals surface area contributed by atoms with Crippen molar-refractivity contribution in [3.8, 4) is 5.75 Å². The molecule has 0 aliphatic carbocycles. The number of aromatic nitrogens is 1. The lowest BCUT2D eigenvalue weighted by Gasteiger charge is -2.16. The fourth-order valence-electron chi connectivity index (χ4n) is 2.88. The van der Waals surface area contributed by atoms with Crippen molar-refractivity contribution in [1.82, 2.24) is 4.98 Å². The lowest BCUT2D eigenvalue weighted by atomic mass is 10.1. The van der Waals surface area contributed by atoms with E-state index in [0.29, 0.717) is 19.0 Å². The molecule has 1 unspecified atom stereocenters. The van der Waals surface area contributed by atoms with Crippen LogP contribution in [-0.2, 0) is 22.6 Å². The third-order valence-corrected chi connectivity index (χ3v) is 4.14. The topological polar surface area (TPSA) is 68.7 Å². The lowest BCUT2D eigenvalue weighted by molar-refractivity contribution is -0.149. The summed E-state index contributed by atoms with van der Waals surface area (Å²) in [4.78, 5) is 15.7. The number of fused-ring (bicyclic) bond motifs is 1. The third-order valence-electron chi connectivity index (χ3n) is 4.14. The highest BCUT2D eigenvalue weighted by molar-refractivity contribution is 5.81. The first-order valence-corrected chi connectivity index (χ1v) is 8.56. The van der Waals surface area contributed by atoms with E-state index in [9.17, 15) is 9.90 Å². The van der Waals surface area contributed by atoms with Crippen LogP contribution in [0.3, 0.4) is 0 Å². The number of para-hydroxylation sites is 1. The zero-order valence-electron chi connectivity index (χ0n) is 14.6. The maximum Gasteiger partial charge on any atom is 0.333 e. The number of aliphatic carboxylic acids is 1. The first kappa shape index (κ1) is 17.9. The Bertz CT molecular complexity index is 889. The van der Waals surface area contributed by atoms with Crippen molar-refractivity contribution in [3.63, 3.8) is 0 Å². The van der Waals surface area contributed by atoms with Crippen LogP contribution >= 0.6 is 0 Å². The molecular formula is C21H21NO4. The van der Waals surface area contributed by atoms with Crippen molar-refractivity contribution < 1.29 is 19.4 Å².